The van der Waals surface area contributed by atoms with Gasteiger partial charge in [0.1, 0.15) is 0 Å². The molecule has 7 heteroatoms. The van der Waals surface area contributed by atoms with Gasteiger partial charge in [0.2, 0.25) is 11.0 Å². The first kappa shape index (κ1) is 18.4. The SMILES string of the molecule is CC(Sc1nnc(Nc2ccccc2)s1)C(=O)NC12CC3CC(CC(C3)C1)C2. The van der Waals surface area contributed by atoms with Gasteiger partial charge in [0.05, 0.1) is 5.25 Å². The van der Waals surface area contributed by atoms with Gasteiger partial charge in [-0.2, -0.15) is 0 Å². The Morgan fingerprint density at radius 1 is 1.11 bits per heavy atom. The second kappa shape index (κ2) is 7.34. The summed E-state index contributed by atoms with van der Waals surface area (Å²) in [4.78, 5) is 12.9. The lowest BCUT2D eigenvalue weighted by atomic mass is 9.53. The first-order chi connectivity index (χ1) is 13.6. The summed E-state index contributed by atoms with van der Waals surface area (Å²) in [7, 11) is 0. The van der Waals surface area contributed by atoms with E-state index in [2.05, 4.69) is 20.8 Å². The highest BCUT2D eigenvalue weighted by atomic mass is 32.2. The van der Waals surface area contributed by atoms with Gasteiger partial charge in [-0.3, -0.25) is 4.79 Å². The molecule has 28 heavy (non-hydrogen) atoms. The molecule has 0 saturated heterocycles. The molecule has 148 valence electrons. The summed E-state index contributed by atoms with van der Waals surface area (Å²) in [6.07, 6.45) is 7.73. The molecule has 1 aromatic carbocycles. The molecule has 4 fully saturated rings. The van der Waals surface area contributed by atoms with Crippen molar-refractivity contribution in [1.82, 2.24) is 15.5 Å². The third-order valence-electron chi connectivity index (χ3n) is 6.50. The number of anilines is 2. The van der Waals surface area contributed by atoms with E-state index in [1.807, 2.05) is 37.3 Å². The zero-order valence-corrected chi connectivity index (χ0v) is 17.7. The molecule has 4 aliphatic rings. The second-order valence-corrected chi connectivity index (χ2v) is 11.4. The molecular weight excluding hydrogens is 388 g/mol. The Hall–Kier alpha value is -1.60. The fourth-order valence-electron chi connectivity index (χ4n) is 5.78. The lowest BCUT2D eigenvalue weighted by Gasteiger charge is -2.57. The normalized spacial score (nSPS) is 31.5. The van der Waals surface area contributed by atoms with Crippen molar-refractivity contribution in [2.24, 2.45) is 17.8 Å². The molecule has 6 rings (SSSR count). The van der Waals surface area contributed by atoms with Gasteiger partial charge in [0, 0.05) is 11.2 Å². The Morgan fingerprint density at radius 3 is 2.39 bits per heavy atom. The van der Waals surface area contributed by atoms with Crippen LogP contribution < -0.4 is 10.6 Å². The van der Waals surface area contributed by atoms with Crippen LogP contribution in [0.25, 0.3) is 0 Å². The van der Waals surface area contributed by atoms with Gasteiger partial charge in [0.15, 0.2) is 4.34 Å². The summed E-state index contributed by atoms with van der Waals surface area (Å²) < 4.78 is 0.826. The lowest BCUT2D eigenvalue weighted by molar-refractivity contribution is -0.126. The van der Waals surface area contributed by atoms with E-state index in [-0.39, 0.29) is 16.7 Å². The lowest BCUT2D eigenvalue weighted by Crippen LogP contribution is -2.60. The zero-order chi connectivity index (χ0) is 19.1. The number of benzene rings is 1. The van der Waals surface area contributed by atoms with Crippen molar-refractivity contribution >= 4 is 39.8 Å². The Labute approximate surface area is 174 Å². The van der Waals surface area contributed by atoms with Crippen molar-refractivity contribution < 1.29 is 4.79 Å². The monoisotopic (exact) mass is 414 g/mol. The van der Waals surface area contributed by atoms with Gasteiger partial charge in [-0.05, 0) is 75.3 Å². The average Bonchev–Trinajstić information content (AvgIpc) is 3.07. The predicted octanol–water partition coefficient (Wildman–Crippen LogP) is 4.85. The van der Waals surface area contributed by atoms with Crippen LogP contribution in [0.5, 0.6) is 0 Å². The molecule has 0 radical (unpaired) electrons. The van der Waals surface area contributed by atoms with Crippen molar-refractivity contribution in [1.29, 1.82) is 0 Å². The summed E-state index contributed by atoms with van der Waals surface area (Å²) in [5.74, 6) is 2.66. The third-order valence-corrected chi connectivity index (χ3v) is 8.53. The van der Waals surface area contributed by atoms with E-state index in [1.165, 1.54) is 61.6 Å². The molecule has 5 nitrogen and oxygen atoms in total. The van der Waals surface area contributed by atoms with E-state index >= 15 is 0 Å². The van der Waals surface area contributed by atoms with Gasteiger partial charge in [-0.15, -0.1) is 10.2 Å². The number of thioether (sulfide) groups is 1. The van der Waals surface area contributed by atoms with Crippen molar-refractivity contribution in [3.63, 3.8) is 0 Å². The highest BCUT2D eigenvalue weighted by molar-refractivity contribution is 8.02. The summed E-state index contributed by atoms with van der Waals surface area (Å²) >= 11 is 3.00. The van der Waals surface area contributed by atoms with Gasteiger partial charge in [0.25, 0.3) is 0 Å². The van der Waals surface area contributed by atoms with Gasteiger partial charge < -0.3 is 10.6 Å². The van der Waals surface area contributed by atoms with Gasteiger partial charge >= 0.3 is 0 Å². The van der Waals surface area contributed by atoms with Crippen LogP contribution in [0, 0.1) is 17.8 Å². The molecule has 1 amide bonds. The fourth-order valence-corrected chi connectivity index (χ4v) is 7.70. The van der Waals surface area contributed by atoms with Crippen LogP contribution in [0.2, 0.25) is 0 Å². The number of para-hydroxylation sites is 1. The van der Waals surface area contributed by atoms with Gasteiger partial charge in [-0.1, -0.05) is 41.3 Å². The molecule has 4 aliphatic carbocycles. The van der Waals surface area contributed by atoms with E-state index in [0.717, 1.165) is 32.9 Å². The number of hydrogen-bond acceptors (Lipinski definition) is 6. The highest BCUT2D eigenvalue weighted by Gasteiger charge is 2.51. The standard InChI is InChI=1S/C21H26N4OS2/c1-13(27-20-25-24-19(28-20)22-17-5-3-2-4-6-17)18(26)23-21-10-14-7-15(11-21)9-16(8-14)12-21/h2-6,13-16H,7-12H2,1H3,(H,22,24)(H,23,26). The van der Waals surface area contributed by atoms with Crippen LogP contribution in [0.15, 0.2) is 34.7 Å². The topological polar surface area (TPSA) is 66.9 Å². The summed E-state index contributed by atoms with van der Waals surface area (Å²) in [6.45, 7) is 1.98. The van der Waals surface area contributed by atoms with Crippen molar-refractivity contribution in [2.45, 2.75) is 60.6 Å². The molecule has 2 N–H and O–H groups in total. The Kier molecular flexibility index (Phi) is 4.83. The number of hydrogen-bond donors (Lipinski definition) is 2. The summed E-state index contributed by atoms with van der Waals surface area (Å²) in [5.41, 5.74) is 1.06. The van der Waals surface area contributed by atoms with Crippen LogP contribution in [0.4, 0.5) is 10.8 Å². The zero-order valence-electron chi connectivity index (χ0n) is 16.1. The van der Waals surface area contributed by atoms with E-state index in [4.69, 9.17) is 0 Å². The molecule has 4 saturated carbocycles. The van der Waals surface area contributed by atoms with Crippen LogP contribution in [-0.4, -0.2) is 26.9 Å². The van der Waals surface area contributed by atoms with E-state index in [1.54, 1.807) is 0 Å². The van der Waals surface area contributed by atoms with E-state index in [0.29, 0.717) is 0 Å². The largest absolute Gasteiger partial charge is 0.350 e. The maximum atomic E-state index is 12.9. The quantitative estimate of drug-likeness (QED) is 0.662. The maximum Gasteiger partial charge on any atom is 0.233 e. The minimum atomic E-state index is -0.162. The van der Waals surface area contributed by atoms with Crippen molar-refractivity contribution in [2.75, 3.05) is 5.32 Å². The molecule has 4 bridgehead atoms. The number of aromatic nitrogens is 2. The van der Waals surface area contributed by atoms with Gasteiger partial charge in [-0.25, -0.2) is 0 Å². The number of carbonyl (C=O) groups excluding carboxylic acids is 1. The fraction of sp³-hybridized carbons (Fsp3) is 0.571. The third kappa shape index (κ3) is 3.79. The van der Waals surface area contributed by atoms with E-state index < -0.39 is 0 Å². The van der Waals surface area contributed by atoms with Crippen LogP contribution in [0.3, 0.4) is 0 Å². The number of rotatable bonds is 6. The Bertz CT molecular complexity index is 818. The Balaban J connectivity index is 1.19. The minimum Gasteiger partial charge on any atom is -0.350 e. The highest BCUT2D eigenvalue weighted by Crippen LogP contribution is 2.55. The second-order valence-electron chi connectivity index (χ2n) is 8.81. The van der Waals surface area contributed by atoms with Crippen LogP contribution >= 0.6 is 23.1 Å². The molecule has 1 heterocycles. The summed E-state index contributed by atoms with van der Waals surface area (Å²) in [5, 5.41) is 15.8. The summed E-state index contributed by atoms with van der Waals surface area (Å²) in [6, 6.07) is 9.94. The van der Waals surface area contributed by atoms with Crippen molar-refractivity contribution in [3.8, 4) is 0 Å². The molecule has 0 aliphatic heterocycles. The molecule has 1 unspecified atom stereocenters. The van der Waals surface area contributed by atoms with Crippen LogP contribution in [-0.2, 0) is 4.79 Å². The Morgan fingerprint density at radius 2 is 1.75 bits per heavy atom. The first-order valence-electron chi connectivity index (χ1n) is 10.2. The van der Waals surface area contributed by atoms with E-state index in [9.17, 15) is 4.79 Å². The number of amides is 1. The van der Waals surface area contributed by atoms with Crippen LogP contribution in [0.1, 0.15) is 45.4 Å². The maximum absolute atomic E-state index is 12.9. The molecular formula is C21H26N4OS2. The molecule has 1 aromatic heterocycles. The molecule has 1 atom stereocenters. The van der Waals surface area contributed by atoms with Crippen molar-refractivity contribution in [3.05, 3.63) is 30.3 Å². The predicted molar refractivity (Wildman–Crippen MR) is 114 cm³/mol. The number of nitrogens with one attached hydrogen (secondary N) is 2. The molecule has 0 spiro atoms. The average molecular weight is 415 g/mol. The molecule has 2 aromatic rings. The number of nitrogens with zero attached hydrogens (tertiary/aromatic N) is 2. The minimum absolute atomic E-state index is 0.0712. The smallest absolute Gasteiger partial charge is 0.233 e. The first-order valence-corrected chi connectivity index (χ1v) is 11.9. The number of carbonyl (C=O) groups is 1.